The minimum Gasteiger partial charge on any atom is -0.398 e. The summed E-state index contributed by atoms with van der Waals surface area (Å²) in [6.07, 6.45) is 1.32. The Kier molecular flexibility index (Phi) is 12.9. The fourth-order valence-electron chi connectivity index (χ4n) is 14.5. The summed E-state index contributed by atoms with van der Waals surface area (Å²) in [4.78, 5) is 0. The highest BCUT2D eigenvalue weighted by molar-refractivity contribution is 14.1. The molecule has 9 nitrogen and oxygen atoms in total. The summed E-state index contributed by atoms with van der Waals surface area (Å²) < 4.78 is 86.9. The fourth-order valence-corrected chi connectivity index (χ4v) is 26.5. The van der Waals surface area contributed by atoms with Gasteiger partial charge in [0.1, 0.15) is 31.4 Å². The van der Waals surface area contributed by atoms with Crippen molar-refractivity contribution in [2.45, 2.75) is 129 Å². The number of anilines is 1. The molecule has 4 atom stereocenters. The van der Waals surface area contributed by atoms with Crippen molar-refractivity contribution < 1.29 is 17.6 Å². The predicted molar refractivity (Wildman–Crippen MR) is 362 cm³/mol. The summed E-state index contributed by atoms with van der Waals surface area (Å²) >= 11 is 2.49. The van der Waals surface area contributed by atoms with Crippen LogP contribution < -0.4 is 27.6 Å². The third-order valence-electron chi connectivity index (χ3n) is 19.3. The second-order valence-electron chi connectivity index (χ2n) is 24.0. The first-order chi connectivity index (χ1) is 40.1. The van der Waals surface area contributed by atoms with Crippen molar-refractivity contribution in [1.29, 1.82) is 0 Å². The standard InChI is InChI=1S/C63H60B4F4IN9P4/c1-25-16-40(21-82-74-36(12)50(64)32(8)56(74)44-17-26(2)60(68)78(44)82)48(42(54(25)72)23-84-76-38(14)52(66)34(10)58(76)46-19-28(4)62(70)80(46)84)49-41(22-83-75-37(13)51(65)33(9)57(75)45-18-27(3)61(69)79(45)83)30(6)31(7)55(73)43(49)24-85-77-39(15)53(67)35(11)59(77)47-20-29(5)63(71)81(47)85/h16-20H,21-24,73H2,1-15H3. The van der Waals surface area contributed by atoms with Crippen LogP contribution in [0.5, 0.6) is 0 Å². The SMILES string of the molecule is [B]c1c(C)c2c3cc(C)c(F)n3p(Cc3cc(C)c(I)c(Cp4n5c(F)c(C)cc5c5c(C)c([B])c(C)n54)c3-c3c(Cp4n5c(F)c(C)cc5c5c(C)c([B])c(C)n54)c(C)c(C)c(N)c3Cp3n4c(F)c(C)cc4c4c(C)c([B])c(C)n43)n2c1C. The number of aromatic nitrogens is 8. The molecule has 12 aromatic heterocycles. The van der Waals surface area contributed by atoms with Crippen molar-refractivity contribution in [3.63, 3.8) is 0 Å². The summed E-state index contributed by atoms with van der Waals surface area (Å²) in [6.45, 7) is 29.6. The number of nitrogens with two attached hydrogens (primary N) is 1. The monoisotopic (exact) mass is 1310 g/mol. The van der Waals surface area contributed by atoms with E-state index in [0.29, 0.717) is 68.3 Å². The highest BCUT2D eigenvalue weighted by Crippen LogP contribution is 2.55. The first-order valence-electron chi connectivity index (χ1n) is 28.4. The third-order valence-corrected chi connectivity index (χ3v) is 30.5. The number of halogens is 5. The van der Waals surface area contributed by atoms with Gasteiger partial charge < -0.3 is 5.73 Å². The summed E-state index contributed by atoms with van der Waals surface area (Å²) in [7, 11) is 21.4. The van der Waals surface area contributed by atoms with Gasteiger partial charge in [0.2, 0.25) is 23.8 Å². The van der Waals surface area contributed by atoms with Crippen LogP contribution >= 0.6 is 54.0 Å². The molecular formula is C63H60B4F4IN9P4. The maximum absolute atomic E-state index is 17.4. The van der Waals surface area contributed by atoms with Gasteiger partial charge in [-0.2, -0.15) is 17.6 Å². The molecular weight excluding hydrogens is 1250 g/mol. The third kappa shape index (κ3) is 7.30. The molecule has 85 heavy (non-hydrogen) atoms. The number of nitrogen functional groups attached to an aromatic ring is 1. The van der Waals surface area contributed by atoms with E-state index in [4.69, 9.17) is 37.1 Å². The van der Waals surface area contributed by atoms with E-state index in [-0.39, 0.29) is 30.0 Å². The van der Waals surface area contributed by atoms with Crippen LogP contribution in [0.2, 0.25) is 0 Å². The van der Waals surface area contributed by atoms with Crippen LogP contribution in [0.1, 0.15) is 106 Å². The Morgan fingerprint density at radius 3 is 0.988 bits per heavy atom. The van der Waals surface area contributed by atoms with E-state index in [0.717, 1.165) is 143 Å². The van der Waals surface area contributed by atoms with Crippen molar-refractivity contribution in [3.05, 3.63) is 164 Å². The molecule has 4 unspecified atom stereocenters. The lowest BCUT2D eigenvalue weighted by molar-refractivity contribution is 0.577. The van der Waals surface area contributed by atoms with Crippen LogP contribution in [0.3, 0.4) is 0 Å². The van der Waals surface area contributed by atoms with E-state index in [1.165, 1.54) is 0 Å². The van der Waals surface area contributed by atoms with Gasteiger partial charge in [0.25, 0.3) is 0 Å². The molecule has 424 valence electrons. The summed E-state index contributed by atoms with van der Waals surface area (Å²) in [5, 5.41) is 0. The smallest absolute Gasteiger partial charge is 0.205 e. The maximum Gasteiger partial charge on any atom is 0.205 e. The number of fused-ring (bicyclic) bond motifs is 12. The number of nitrogens with zero attached hydrogens (tertiary/aromatic N) is 8. The van der Waals surface area contributed by atoms with Crippen LogP contribution in [-0.4, -0.2) is 64.7 Å². The van der Waals surface area contributed by atoms with Gasteiger partial charge in [-0.1, -0.05) is 27.9 Å². The molecule has 14 aromatic rings. The van der Waals surface area contributed by atoms with Crippen molar-refractivity contribution in [3.8, 4) is 11.1 Å². The molecule has 0 fully saturated rings. The Labute approximate surface area is 513 Å². The lowest BCUT2D eigenvalue weighted by atomic mass is 9.84. The van der Waals surface area contributed by atoms with Gasteiger partial charge >= 0.3 is 0 Å². The molecule has 0 aliphatic heterocycles. The fraction of sp³-hybridized carbons (Fsp3) is 0.302. The summed E-state index contributed by atoms with van der Waals surface area (Å²) in [5.74, 6) is -1.24. The molecule has 0 aliphatic rings. The molecule has 2 N–H and O–H groups in total. The molecule has 0 bridgehead atoms. The molecule has 22 heteroatoms. The van der Waals surface area contributed by atoms with Gasteiger partial charge in [-0.05, 0) is 223 Å². The number of hydrogen-bond acceptors (Lipinski definition) is 1. The van der Waals surface area contributed by atoms with E-state index >= 15 is 17.6 Å². The van der Waals surface area contributed by atoms with Gasteiger partial charge in [0.05, 0.1) is 44.1 Å². The lowest BCUT2D eigenvalue weighted by Gasteiger charge is -2.28. The zero-order chi connectivity index (χ0) is 60.8. The maximum atomic E-state index is 17.4. The summed E-state index contributed by atoms with van der Waals surface area (Å²) in [5.41, 5.74) is 35.0. The van der Waals surface area contributed by atoms with E-state index in [1.807, 2.05) is 117 Å². The molecule has 0 aliphatic carbocycles. The zero-order valence-electron chi connectivity index (χ0n) is 50.4. The van der Waals surface area contributed by atoms with E-state index in [1.54, 1.807) is 6.92 Å². The molecule has 0 saturated heterocycles. The van der Waals surface area contributed by atoms with Gasteiger partial charge in [-0.15, -0.1) is 0 Å². The molecule has 0 spiro atoms. The molecule has 0 saturated carbocycles. The predicted octanol–water partition coefficient (Wildman–Crippen LogP) is 14.1. The van der Waals surface area contributed by atoms with Gasteiger partial charge in [-0.3, -0.25) is 33.3 Å². The van der Waals surface area contributed by atoms with E-state index < -0.39 is 31.4 Å². The number of rotatable bonds is 9. The van der Waals surface area contributed by atoms with Crippen LogP contribution in [0.15, 0.2) is 30.3 Å². The Bertz CT molecular complexity index is 5240. The molecule has 8 radical (unpaired) electrons. The van der Waals surface area contributed by atoms with Gasteiger partial charge in [0.15, 0.2) is 0 Å². The highest BCUT2D eigenvalue weighted by Gasteiger charge is 2.34. The normalized spacial score (nSPS) is 13.5. The number of hydrogen-bond donors (Lipinski definition) is 1. The average Bonchev–Trinajstić information content (AvgIpc) is 1.73. The van der Waals surface area contributed by atoms with Crippen LogP contribution in [-0.2, 0) is 24.6 Å². The van der Waals surface area contributed by atoms with Gasteiger partial charge in [0, 0.05) is 110 Å². The van der Waals surface area contributed by atoms with E-state index in [9.17, 15) is 0 Å². The van der Waals surface area contributed by atoms with Crippen molar-refractivity contribution in [1.82, 2.24) is 33.3 Å². The number of benzene rings is 2. The topological polar surface area (TPSA) is 61.3 Å². The van der Waals surface area contributed by atoms with Gasteiger partial charge in [-0.25, -0.2) is 0 Å². The van der Waals surface area contributed by atoms with E-state index in [2.05, 4.69) is 66.1 Å². The summed E-state index contributed by atoms with van der Waals surface area (Å²) in [6, 6.07) is 9.96. The average molecular weight is 1310 g/mol. The second kappa shape index (κ2) is 19.2. The Morgan fingerprint density at radius 1 is 0.365 bits per heavy atom. The molecule has 12 heterocycles. The quantitative estimate of drug-likeness (QED) is 0.0666. The lowest BCUT2D eigenvalue weighted by Crippen LogP contribution is -2.12. The van der Waals surface area contributed by atoms with Crippen LogP contribution in [0, 0.1) is 131 Å². The number of aryl methyl sites for hydroxylation is 13. The Balaban J connectivity index is 1.19. The largest absolute Gasteiger partial charge is 0.398 e. The first kappa shape index (κ1) is 57.2. The first-order valence-corrected chi connectivity index (χ1v) is 35.2. The zero-order valence-corrected chi connectivity index (χ0v) is 56.1. The Hall–Kier alpha value is -5.61. The minimum atomic E-state index is -1.67. The molecule has 2 aromatic carbocycles. The van der Waals surface area contributed by atoms with Crippen LogP contribution in [0.25, 0.3) is 55.3 Å². The van der Waals surface area contributed by atoms with Crippen molar-refractivity contribution in [2.75, 3.05) is 5.73 Å². The second-order valence-corrected chi connectivity index (χ2v) is 32.6. The van der Waals surface area contributed by atoms with Crippen molar-refractivity contribution >= 4 is 157 Å². The van der Waals surface area contributed by atoms with Crippen molar-refractivity contribution in [2.24, 2.45) is 0 Å². The minimum absolute atomic E-state index is 0.273. The van der Waals surface area contributed by atoms with Crippen LogP contribution in [0.4, 0.5) is 23.2 Å². The molecule has 14 rings (SSSR count). The highest BCUT2D eigenvalue weighted by atomic mass is 127. The Morgan fingerprint density at radius 2 is 0.659 bits per heavy atom. The molecule has 0 amide bonds.